The van der Waals surface area contributed by atoms with Crippen molar-refractivity contribution in [2.24, 2.45) is 0 Å². The van der Waals surface area contributed by atoms with Gasteiger partial charge in [0.25, 0.3) is 0 Å². The molecule has 1 aromatic carbocycles. The summed E-state index contributed by atoms with van der Waals surface area (Å²) in [6.07, 6.45) is 2.10. The van der Waals surface area contributed by atoms with E-state index >= 15 is 0 Å². The average Bonchev–Trinajstić information content (AvgIpc) is 2.93. The van der Waals surface area contributed by atoms with Gasteiger partial charge >= 0.3 is 0 Å². The van der Waals surface area contributed by atoms with Crippen molar-refractivity contribution in [3.05, 3.63) is 29.6 Å². The second-order valence-electron chi connectivity index (χ2n) is 5.97. The molecule has 0 unspecified atom stereocenters. The van der Waals surface area contributed by atoms with Crippen molar-refractivity contribution in [3.8, 4) is 6.07 Å². The molecule has 22 heavy (non-hydrogen) atoms. The van der Waals surface area contributed by atoms with Crippen molar-refractivity contribution in [1.29, 1.82) is 5.26 Å². The van der Waals surface area contributed by atoms with Crippen LogP contribution in [0, 0.1) is 17.1 Å². The van der Waals surface area contributed by atoms with Crippen LogP contribution in [-0.2, 0) is 10.0 Å². The van der Waals surface area contributed by atoms with Crippen LogP contribution in [0.15, 0.2) is 23.1 Å². The number of fused-ring (bicyclic) bond motifs is 1. The Balaban J connectivity index is 1.94. The van der Waals surface area contributed by atoms with Crippen molar-refractivity contribution in [3.63, 3.8) is 0 Å². The van der Waals surface area contributed by atoms with E-state index in [9.17, 15) is 12.8 Å². The number of nitrogens with zero attached hydrogens (tertiary/aromatic N) is 3. The molecule has 0 aliphatic carbocycles. The first-order valence-electron chi connectivity index (χ1n) is 7.39. The first-order chi connectivity index (χ1) is 10.4. The van der Waals surface area contributed by atoms with Crippen molar-refractivity contribution >= 4 is 10.0 Å². The third kappa shape index (κ3) is 2.51. The summed E-state index contributed by atoms with van der Waals surface area (Å²) in [5, 5.41) is 8.89. The molecule has 0 saturated carbocycles. The molecule has 2 heterocycles. The van der Waals surface area contributed by atoms with Crippen molar-refractivity contribution in [2.75, 3.05) is 19.6 Å². The normalized spacial score (nSPS) is 26.6. The Morgan fingerprint density at radius 3 is 2.86 bits per heavy atom. The van der Waals surface area contributed by atoms with E-state index in [4.69, 9.17) is 5.26 Å². The number of hydrogen-bond acceptors (Lipinski definition) is 4. The van der Waals surface area contributed by atoms with Crippen LogP contribution >= 0.6 is 0 Å². The fourth-order valence-electron chi connectivity index (χ4n) is 3.38. The van der Waals surface area contributed by atoms with Gasteiger partial charge in [-0.2, -0.15) is 9.57 Å². The van der Waals surface area contributed by atoms with Gasteiger partial charge in [0, 0.05) is 25.2 Å². The summed E-state index contributed by atoms with van der Waals surface area (Å²) in [6.45, 7) is 4.10. The second-order valence-corrected chi connectivity index (χ2v) is 7.86. The monoisotopic (exact) mass is 323 g/mol. The fourth-order valence-corrected chi connectivity index (χ4v) is 5.07. The minimum atomic E-state index is -3.71. The number of halogens is 1. The molecule has 2 aliphatic rings. The van der Waals surface area contributed by atoms with E-state index in [1.165, 1.54) is 10.4 Å². The smallest absolute Gasteiger partial charge is 0.243 e. The first-order valence-corrected chi connectivity index (χ1v) is 8.83. The summed E-state index contributed by atoms with van der Waals surface area (Å²) in [7, 11) is -3.71. The number of piperazine rings is 1. The molecular weight excluding hydrogens is 305 g/mol. The molecule has 2 saturated heterocycles. The van der Waals surface area contributed by atoms with Gasteiger partial charge in [0.15, 0.2) is 0 Å². The Morgan fingerprint density at radius 1 is 1.36 bits per heavy atom. The summed E-state index contributed by atoms with van der Waals surface area (Å²) in [6, 6.07) is 5.23. The lowest BCUT2D eigenvalue weighted by molar-refractivity contribution is 0.117. The zero-order chi connectivity index (χ0) is 15.9. The molecule has 5 nitrogen and oxygen atoms in total. The van der Waals surface area contributed by atoms with Gasteiger partial charge in [0.1, 0.15) is 11.9 Å². The molecule has 0 spiro atoms. The second kappa shape index (κ2) is 5.61. The maximum Gasteiger partial charge on any atom is 0.243 e. The summed E-state index contributed by atoms with van der Waals surface area (Å²) in [4.78, 5) is 2.32. The van der Waals surface area contributed by atoms with E-state index in [1.54, 1.807) is 6.07 Å². The van der Waals surface area contributed by atoms with Crippen LogP contribution in [0.1, 0.15) is 25.3 Å². The third-order valence-electron chi connectivity index (χ3n) is 4.54. The van der Waals surface area contributed by atoms with Gasteiger partial charge < -0.3 is 0 Å². The zero-order valence-electron chi connectivity index (χ0n) is 12.4. The number of hydrogen-bond donors (Lipinski definition) is 0. The molecule has 0 bridgehead atoms. The van der Waals surface area contributed by atoms with Crippen LogP contribution in [0.25, 0.3) is 0 Å². The lowest BCUT2D eigenvalue weighted by atomic mass is 10.1. The molecule has 3 rings (SSSR count). The standard InChI is InChI=1S/C15H18FN3O2S/c1-11-9-18-6-2-3-13(18)10-19(11)22(20,21)14-4-5-15(16)12(7-14)8-17/h4-5,7,11,13H,2-3,6,9-10H2,1H3/t11-,13+/m1/s1. The minimum absolute atomic E-state index is 0.0104. The van der Waals surface area contributed by atoms with Crippen LogP contribution in [0.2, 0.25) is 0 Å². The van der Waals surface area contributed by atoms with Gasteiger partial charge in [-0.1, -0.05) is 0 Å². The molecule has 1 aromatic rings. The van der Waals surface area contributed by atoms with Gasteiger partial charge in [-0.3, -0.25) is 4.90 Å². The number of benzene rings is 1. The SMILES string of the molecule is C[C@@H]1CN2CCC[C@H]2CN1S(=O)(=O)c1ccc(F)c(C#N)c1. The Labute approximate surface area is 130 Å². The summed E-state index contributed by atoms with van der Waals surface area (Å²) in [5.74, 6) is -0.699. The first kappa shape index (κ1) is 15.4. The average molecular weight is 323 g/mol. The largest absolute Gasteiger partial charge is 0.297 e. The van der Waals surface area contributed by atoms with Crippen molar-refractivity contribution in [2.45, 2.75) is 36.7 Å². The quantitative estimate of drug-likeness (QED) is 0.828. The number of rotatable bonds is 2. The van der Waals surface area contributed by atoms with Gasteiger partial charge in [-0.25, -0.2) is 12.8 Å². The maximum atomic E-state index is 13.4. The highest BCUT2D eigenvalue weighted by atomic mass is 32.2. The van der Waals surface area contributed by atoms with Crippen molar-refractivity contribution < 1.29 is 12.8 Å². The van der Waals surface area contributed by atoms with Gasteiger partial charge in [0.2, 0.25) is 10.0 Å². The third-order valence-corrected chi connectivity index (χ3v) is 6.52. The van der Waals surface area contributed by atoms with E-state index in [0.717, 1.165) is 38.1 Å². The highest BCUT2D eigenvalue weighted by molar-refractivity contribution is 7.89. The van der Waals surface area contributed by atoms with Gasteiger partial charge in [-0.05, 0) is 44.5 Å². The van der Waals surface area contributed by atoms with E-state index in [0.29, 0.717) is 6.54 Å². The topological polar surface area (TPSA) is 64.4 Å². The molecule has 2 atom stereocenters. The van der Waals surface area contributed by atoms with Crippen molar-refractivity contribution in [1.82, 2.24) is 9.21 Å². The van der Waals surface area contributed by atoms with E-state index in [1.807, 2.05) is 6.92 Å². The van der Waals surface area contributed by atoms with Gasteiger partial charge in [0.05, 0.1) is 10.5 Å². The van der Waals surface area contributed by atoms with E-state index in [2.05, 4.69) is 4.90 Å². The fraction of sp³-hybridized carbons (Fsp3) is 0.533. The maximum absolute atomic E-state index is 13.4. The van der Waals surface area contributed by atoms with Crippen LogP contribution in [-0.4, -0.2) is 49.3 Å². The highest BCUT2D eigenvalue weighted by Gasteiger charge is 2.40. The molecule has 7 heteroatoms. The lowest BCUT2D eigenvalue weighted by Crippen LogP contribution is -2.56. The molecule has 118 valence electrons. The Hall–Kier alpha value is -1.49. The molecule has 0 amide bonds. The lowest BCUT2D eigenvalue weighted by Gasteiger charge is -2.41. The van der Waals surface area contributed by atoms with Crippen LogP contribution in [0.3, 0.4) is 0 Å². The Bertz CT molecular complexity index is 729. The summed E-state index contributed by atoms with van der Waals surface area (Å²) < 4.78 is 40.6. The van der Waals surface area contributed by atoms with E-state index < -0.39 is 15.8 Å². The summed E-state index contributed by atoms with van der Waals surface area (Å²) in [5.41, 5.74) is -0.242. The van der Waals surface area contributed by atoms with Crippen LogP contribution in [0.5, 0.6) is 0 Å². The molecule has 0 radical (unpaired) electrons. The summed E-state index contributed by atoms with van der Waals surface area (Å²) >= 11 is 0. The molecule has 2 fully saturated rings. The molecule has 2 aliphatic heterocycles. The minimum Gasteiger partial charge on any atom is -0.297 e. The number of nitriles is 1. The van der Waals surface area contributed by atoms with E-state index in [-0.39, 0.29) is 22.5 Å². The Morgan fingerprint density at radius 2 is 2.14 bits per heavy atom. The molecular formula is C15H18FN3O2S. The number of sulfonamides is 1. The van der Waals surface area contributed by atoms with Crippen LogP contribution < -0.4 is 0 Å². The predicted octanol–water partition coefficient (Wildman–Crippen LogP) is 1.55. The van der Waals surface area contributed by atoms with Gasteiger partial charge in [-0.15, -0.1) is 0 Å². The highest BCUT2D eigenvalue weighted by Crippen LogP contribution is 2.29. The Kier molecular flexibility index (Phi) is 3.93. The molecule has 0 aromatic heterocycles. The van der Waals surface area contributed by atoms with Crippen LogP contribution in [0.4, 0.5) is 4.39 Å². The predicted molar refractivity (Wildman–Crippen MR) is 79.1 cm³/mol. The molecule has 0 N–H and O–H groups in total. The zero-order valence-corrected chi connectivity index (χ0v) is 13.2.